The third-order valence-corrected chi connectivity index (χ3v) is 2.33. The van der Waals surface area contributed by atoms with Crippen LogP contribution in [-0.4, -0.2) is 13.2 Å². The van der Waals surface area contributed by atoms with Gasteiger partial charge in [-0.15, -0.1) is 0 Å². The number of para-hydroxylation sites is 1. The van der Waals surface area contributed by atoms with E-state index >= 15 is 0 Å². The van der Waals surface area contributed by atoms with Crippen molar-refractivity contribution in [3.63, 3.8) is 0 Å². The van der Waals surface area contributed by atoms with Gasteiger partial charge in [0.25, 0.3) is 0 Å². The molecule has 0 amide bonds. The fourth-order valence-electron chi connectivity index (χ4n) is 1.65. The number of fused-ring (bicyclic) bond motifs is 1. The van der Waals surface area contributed by atoms with Gasteiger partial charge in [-0.1, -0.05) is 26.0 Å². The van der Waals surface area contributed by atoms with Crippen molar-refractivity contribution < 1.29 is 4.74 Å². The Kier molecular flexibility index (Phi) is 2.13. The Hall–Kier alpha value is -1.18. The van der Waals surface area contributed by atoms with E-state index < -0.39 is 0 Å². The van der Waals surface area contributed by atoms with Gasteiger partial charge in [0.05, 0.1) is 5.69 Å². The molecule has 0 fully saturated rings. The lowest BCUT2D eigenvalue weighted by Crippen LogP contribution is -2.19. The van der Waals surface area contributed by atoms with E-state index in [9.17, 15) is 0 Å². The lowest BCUT2D eigenvalue weighted by molar-refractivity contribution is 0.318. The number of benzene rings is 1. The zero-order valence-electron chi connectivity index (χ0n) is 8.13. The average Bonchev–Trinajstić information content (AvgIpc) is 2.17. The van der Waals surface area contributed by atoms with E-state index in [0.29, 0.717) is 5.92 Å². The van der Waals surface area contributed by atoms with Crippen LogP contribution >= 0.6 is 0 Å². The molecule has 1 aliphatic rings. The maximum atomic E-state index is 5.65. The van der Waals surface area contributed by atoms with Crippen LogP contribution in [0.3, 0.4) is 0 Å². The van der Waals surface area contributed by atoms with Crippen molar-refractivity contribution >= 4 is 5.69 Å². The molecular formula is C11H15NO. The van der Waals surface area contributed by atoms with Gasteiger partial charge in [-0.2, -0.15) is 0 Å². The highest BCUT2D eigenvalue weighted by Gasteiger charge is 2.15. The number of ether oxygens (including phenoxy) is 1. The van der Waals surface area contributed by atoms with E-state index in [4.69, 9.17) is 4.74 Å². The molecule has 0 aromatic heterocycles. The lowest BCUT2D eigenvalue weighted by atomic mass is 10.0. The second-order valence-corrected chi connectivity index (χ2v) is 3.65. The summed E-state index contributed by atoms with van der Waals surface area (Å²) in [6.45, 7) is 6.06. The molecule has 0 atom stereocenters. The summed E-state index contributed by atoms with van der Waals surface area (Å²) < 4.78 is 5.65. The fourth-order valence-corrected chi connectivity index (χ4v) is 1.65. The van der Waals surface area contributed by atoms with Gasteiger partial charge in [-0.3, -0.25) is 0 Å². The molecule has 1 N–H and O–H groups in total. The minimum Gasteiger partial charge on any atom is -0.489 e. The van der Waals surface area contributed by atoms with Gasteiger partial charge in [0, 0.05) is 6.54 Å². The Morgan fingerprint density at radius 3 is 3.00 bits per heavy atom. The summed E-state index contributed by atoms with van der Waals surface area (Å²) in [7, 11) is 0. The first kappa shape index (κ1) is 8.42. The highest BCUT2D eigenvalue weighted by molar-refractivity contribution is 5.62. The first-order valence-electron chi connectivity index (χ1n) is 4.78. The van der Waals surface area contributed by atoms with Gasteiger partial charge < -0.3 is 10.1 Å². The number of hydrogen-bond donors (Lipinski definition) is 1. The Labute approximate surface area is 78.9 Å². The maximum absolute atomic E-state index is 5.65. The van der Waals surface area contributed by atoms with Crippen molar-refractivity contribution in [2.24, 2.45) is 0 Å². The van der Waals surface area contributed by atoms with E-state index in [1.54, 1.807) is 0 Å². The second-order valence-electron chi connectivity index (χ2n) is 3.65. The SMILES string of the molecule is CC(C)c1cccc2c1OCCN2. The van der Waals surface area contributed by atoms with E-state index in [2.05, 4.69) is 37.4 Å². The predicted molar refractivity (Wildman–Crippen MR) is 54.5 cm³/mol. The smallest absolute Gasteiger partial charge is 0.145 e. The van der Waals surface area contributed by atoms with Crippen LogP contribution < -0.4 is 10.1 Å². The zero-order chi connectivity index (χ0) is 9.26. The van der Waals surface area contributed by atoms with E-state index in [-0.39, 0.29) is 0 Å². The fraction of sp³-hybridized carbons (Fsp3) is 0.455. The van der Waals surface area contributed by atoms with Crippen LogP contribution in [-0.2, 0) is 0 Å². The topological polar surface area (TPSA) is 21.3 Å². The first-order valence-corrected chi connectivity index (χ1v) is 4.78. The van der Waals surface area contributed by atoms with Gasteiger partial charge in [0.1, 0.15) is 12.4 Å². The Balaban J connectivity index is 2.46. The molecule has 2 heteroatoms. The normalized spacial score (nSPS) is 14.7. The average molecular weight is 177 g/mol. The molecule has 0 unspecified atom stereocenters. The molecule has 0 saturated carbocycles. The Bertz CT molecular complexity index is 307. The van der Waals surface area contributed by atoms with Crippen molar-refractivity contribution in [3.05, 3.63) is 23.8 Å². The predicted octanol–water partition coefficient (Wildman–Crippen LogP) is 2.61. The third kappa shape index (κ3) is 1.48. The molecule has 0 radical (unpaired) electrons. The van der Waals surface area contributed by atoms with Gasteiger partial charge in [0.2, 0.25) is 0 Å². The molecule has 0 aliphatic carbocycles. The van der Waals surface area contributed by atoms with Crippen LogP contribution in [0.2, 0.25) is 0 Å². The third-order valence-electron chi connectivity index (χ3n) is 2.33. The monoisotopic (exact) mass is 177 g/mol. The van der Waals surface area contributed by atoms with Crippen LogP contribution in [0.5, 0.6) is 5.75 Å². The van der Waals surface area contributed by atoms with Crippen molar-refractivity contribution in [1.82, 2.24) is 0 Å². The molecule has 1 aromatic rings. The molecule has 1 aromatic carbocycles. The highest BCUT2D eigenvalue weighted by atomic mass is 16.5. The summed E-state index contributed by atoms with van der Waals surface area (Å²) in [6.07, 6.45) is 0. The summed E-state index contributed by atoms with van der Waals surface area (Å²) in [4.78, 5) is 0. The Morgan fingerprint density at radius 1 is 1.38 bits per heavy atom. The summed E-state index contributed by atoms with van der Waals surface area (Å²) in [6, 6.07) is 6.28. The van der Waals surface area contributed by atoms with E-state index in [0.717, 1.165) is 24.6 Å². The van der Waals surface area contributed by atoms with Gasteiger partial charge in [-0.05, 0) is 17.5 Å². The minimum absolute atomic E-state index is 0.523. The van der Waals surface area contributed by atoms with Crippen LogP contribution in [0.4, 0.5) is 5.69 Å². The largest absolute Gasteiger partial charge is 0.489 e. The standard InChI is InChI=1S/C11H15NO/c1-8(2)9-4-3-5-10-11(9)13-7-6-12-10/h3-5,8,12H,6-7H2,1-2H3. The molecule has 0 bridgehead atoms. The van der Waals surface area contributed by atoms with Crippen LogP contribution in [0.25, 0.3) is 0 Å². The van der Waals surface area contributed by atoms with Crippen molar-refractivity contribution in [3.8, 4) is 5.75 Å². The van der Waals surface area contributed by atoms with E-state index in [1.807, 2.05) is 0 Å². The number of hydrogen-bond acceptors (Lipinski definition) is 2. The van der Waals surface area contributed by atoms with Gasteiger partial charge >= 0.3 is 0 Å². The Morgan fingerprint density at radius 2 is 2.23 bits per heavy atom. The number of anilines is 1. The second kappa shape index (κ2) is 3.29. The molecule has 1 heterocycles. The van der Waals surface area contributed by atoms with Crippen LogP contribution in [0.15, 0.2) is 18.2 Å². The quantitative estimate of drug-likeness (QED) is 0.712. The molecule has 2 rings (SSSR count). The summed E-state index contributed by atoms with van der Waals surface area (Å²) in [5.41, 5.74) is 2.43. The summed E-state index contributed by atoms with van der Waals surface area (Å²) in [5, 5.41) is 3.33. The minimum atomic E-state index is 0.523. The molecule has 2 nitrogen and oxygen atoms in total. The van der Waals surface area contributed by atoms with Crippen molar-refractivity contribution in [2.45, 2.75) is 19.8 Å². The number of nitrogens with one attached hydrogen (secondary N) is 1. The molecule has 70 valence electrons. The summed E-state index contributed by atoms with van der Waals surface area (Å²) >= 11 is 0. The van der Waals surface area contributed by atoms with Gasteiger partial charge in [0.15, 0.2) is 0 Å². The lowest BCUT2D eigenvalue weighted by Gasteiger charge is -2.23. The van der Waals surface area contributed by atoms with Gasteiger partial charge in [-0.25, -0.2) is 0 Å². The molecule has 13 heavy (non-hydrogen) atoms. The highest BCUT2D eigenvalue weighted by Crippen LogP contribution is 2.35. The molecule has 1 aliphatic heterocycles. The maximum Gasteiger partial charge on any atom is 0.145 e. The van der Waals surface area contributed by atoms with Crippen LogP contribution in [0, 0.1) is 0 Å². The van der Waals surface area contributed by atoms with Crippen molar-refractivity contribution in [1.29, 1.82) is 0 Å². The number of rotatable bonds is 1. The molecular weight excluding hydrogens is 162 g/mol. The summed E-state index contributed by atoms with van der Waals surface area (Å²) in [5.74, 6) is 1.57. The molecule has 0 spiro atoms. The van der Waals surface area contributed by atoms with Crippen molar-refractivity contribution in [2.75, 3.05) is 18.5 Å². The zero-order valence-corrected chi connectivity index (χ0v) is 8.13. The van der Waals surface area contributed by atoms with Crippen LogP contribution in [0.1, 0.15) is 25.3 Å². The van der Waals surface area contributed by atoms with E-state index in [1.165, 1.54) is 5.56 Å². The molecule has 0 saturated heterocycles. The first-order chi connectivity index (χ1) is 6.29.